The summed E-state index contributed by atoms with van der Waals surface area (Å²) < 4.78 is 10.9. The average Bonchev–Trinajstić information content (AvgIpc) is 3.10. The van der Waals surface area contributed by atoms with Crippen molar-refractivity contribution in [1.82, 2.24) is 14.9 Å². The van der Waals surface area contributed by atoms with E-state index in [1.165, 1.54) is 10.4 Å². The van der Waals surface area contributed by atoms with Gasteiger partial charge >= 0.3 is 0 Å². The van der Waals surface area contributed by atoms with E-state index >= 15 is 0 Å². The molecule has 2 aromatic heterocycles. The zero-order chi connectivity index (χ0) is 18.6. The molecule has 7 heteroatoms. The topological polar surface area (TPSA) is 59.5 Å². The summed E-state index contributed by atoms with van der Waals surface area (Å²) in [6.07, 6.45) is 1.64. The zero-order valence-corrected chi connectivity index (χ0v) is 16.5. The van der Waals surface area contributed by atoms with Crippen LogP contribution in [0.1, 0.15) is 16.5 Å². The number of hydrogen-bond acceptors (Lipinski definition) is 7. The highest BCUT2D eigenvalue weighted by Crippen LogP contribution is 2.29. The fourth-order valence-electron chi connectivity index (χ4n) is 3.48. The van der Waals surface area contributed by atoms with Crippen LogP contribution in [0.15, 0.2) is 36.7 Å². The van der Waals surface area contributed by atoms with Gasteiger partial charge in [-0.1, -0.05) is 12.1 Å². The van der Waals surface area contributed by atoms with E-state index in [1.54, 1.807) is 24.8 Å². The molecule has 1 fully saturated rings. The van der Waals surface area contributed by atoms with Gasteiger partial charge in [0.15, 0.2) is 0 Å². The van der Waals surface area contributed by atoms with Crippen LogP contribution in [0, 0.1) is 6.92 Å². The molecule has 3 heterocycles. The molecular formula is C20H24N4O2S. The van der Waals surface area contributed by atoms with E-state index in [-0.39, 0.29) is 6.04 Å². The van der Waals surface area contributed by atoms with Crippen LogP contribution in [0.4, 0.5) is 5.82 Å². The second-order valence-corrected chi connectivity index (χ2v) is 7.85. The van der Waals surface area contributed by atoms with E-state index in [0.717, 1.165) is 54.6 Å². The van der Waals surface area contributed by atoms with Crippen molar-refractivity contribution in [2.24, 2.45) is 0 Å². The number of nitrogens with zero attached hydrogens (tertiary/aromatic N) is 3. The Balaban J connectivity index is 1.57. The maximum absolute atomic E-state index is 5.54. The number of methoxy groups -OCH3 is 1. The first-order valence-corrected chi connectivity index (χ1v) is 9.97. The van der Waals surface area contributed by atoms with Crippen LogP contribution in [0.25, 0.3) is 10.2 Å². The van der Waals surface area contributed by atoms with Crippen molar-refractivity contribution in [2.45, 2.75) is 13.0 Å². The molecule has 1 aliphatic rings. The Morgan fingerprint density at radius 2 is 2.00 bits per heavy atom. The predicted octanol–water partition coefficient (Wildman–Crippen LogP) is 3.49. The minimum atomic E-state index is 0.240. The smallest absolute Gasteiger partial charge is 0.138 e. The van der Waals surface area contributed by atoms with E-state index in [1.807, 2.05) is 12.1 Å². The molecule has 0 radical (unpaired) electrons. The minimum absolute atomic E-state index is 0.240. The number of nitrogens with one attached hydrogen (secondary N) is 1. The van der Waals surface area contributed by atoms with E-state index in [9.17, 15) is 0 Å². The Morgan fingerprint density at radius 3 is 2.74 bits per heavy atom. The third kappa shape index (κ3) is 4.05. The van der Waals surface area contributed by atoms with Crippen molar-refractivity contribution in [3.05, 3.63) is 47.1 Å². The summed E-state index contributed by atoms with van der Waals surface area (Å²) in [6, 6.07) is 10.7. The molecule has 0 saturated carbocycles. The van der Waals surface area contributed by atoms with Gasteiger partial charge in [0.2, 0.25) is 0 Å². The van der Waals surface area contributed by atoms with Crippen LogP contribution in [0.2, 0.25) is 0 Å². The largest absolute Gasteiger partial charge is 0.497 e. The van der Waals surface area contributed by atoms with Gasteiger partial charge in [0, 0.05) is 24.5 Å². The number of anilines is 1. The summed E-state index contributed by atoms with van der Waals surface area (Å²) in [4.78, 5) is 13.6. The molecule has 0 bridgehead atoms. The highest BCUT2D eigenvalue weighted by Gasteiger charge is 2.23. The van der Waals surface area contributed by atoms with E-state index in [4.69, 9.17) is 9.47 Å². The van der Waals surface area contributed by atoms with Crippen LogP contribution in [-0.2, 0) is 4.74 Å². The third-order valence-corrected chi connectivity index (χ3v) is 5.86. The highest BCUT2D eigenvalue weighted by atomic mass is 32.1. The maximum Gasteiger partial charge on any atom is 0.138 e. The number of fused-ring (bicyclic) bond motifs is 1. The Bertz CT molecular complexity index is 891. The molecule has 6 nitrogen and oxygen atoms in total. The lowest BCUT2D eigenvalue weighted by molar-refractivity contribution is 0.0187. The lowest BCUT2D eigenvalue weighted by atomic mass is 10.0. The Kier molecular flexibility index (Phi) is 5.52. The second kappa shape index (κ2) is 8.21. The molecule has 0 spiro atoms. The van der Waals surface area contributed by atoms with Crippen molar-refractivity contribution in [3.63, 3.8) is 0 Å². The Hall–Kier alpha value is -2.22. The number of thiophene rings is 1. The fraction of sp³-hybridized carbons (Fsp3) is 0.400. The maximum atomic E-state index is 5.54. The van der Waals surface area contributed by atoms with Gasteiger partial charge in [-0.25, -0.2) is 9.97 Å². The van der Waals surface area contributed by atoms with Crippen LogP contribution in [0.5, 0.6) is 5.75 Å². The van der Waals surface area contributed by atoms with Crippen LogP contribution < -0.4 is 10.1 Å². The third-order valence-electron chi connectivity index (χ3n) is 4.90. The summed E-state index contributed by atoms with van der Waals surface area (Å²) in [6.45, 7) is 6.27. The van der Waals surface area contributed by atoms with E-state index in [2.05, 4.69) is 45.3 Å². The van der Waals surface area contributed by atoms with Gasteiger partial charge in [0.1, 0.15) is 22.7 Å². The van der Waals surface area contributed by atoms with Gasteiger partial charge < -0.3 is 14.8 Å². The summed E-state index contributed by atoms with van der Waals surface area (Å²) in [5.74, 6) is 1.77. The molecule has 1 atom stereocenters. The van der Waals surface area contributed by atoms with Crippen LogP contribution >= 0.6 is 11.3 Å². The first-order valence-electron chi connectivity index (χ1n) is 9.15. The SMILES string of the molecule is COc1ccc(C(CNc2ncnc3sc(C)cc23)N2CCOCC2)cc1. The molecule has 27 heavy (non-hydrogen) atoms. The molecule has 142 valence electrons. The predicted molar refractivity (Wildman–Crippen MR) is 109 cm³/mol. The zero-order valence-electron chi connectivity index (χ0n) is 15.6. The normalized spacial score (nSPS) is 16.4. The standard InChI is InChI=1S/C20H24N4O2S/c1-14-11-17-19(22-13-23-20(17)27-14)21-12-18(24-7-9-26-10-8-24)15-3-5-16(25-2)6-4-15/h3-6,11,13,18H,7-10,12H2,1-2H3,(H,21,22,23). The van der Waals surface area contributed by atoms with Crippen molar-refractivity contribution < 1.29 is 9.47 Å². The van der Waals surface area contributed by atoms with Gasteiger partial charge in [0.25, 0.3) is 0 Å². The molecule has 1 saturated heterocycles. The van der Waals surface area contributed by atoms with Gasteiger partial charge in [-0.15, -0.1) is 11.3 Å². The molecule has 3 aromatic rings. The number of aromatic nitrogens is 2. The number of benzene rings is 1. The lowest BCUT2D eigenvalue weighted by Gasteiger charge is -2.35. The molecule has 1 aromatic carbocycles. The number of aryl methyl sites for hydroxylation is 1. The average molecular weight is 385 g/mol. The van der Waals surface area contributed by atoms with Crippen molar-refractivity contribution in [2.75, 3.05) is 45.3 Å². The van der Waals surface area contributed by atoms with Gasteiger partial charge in [-0.05, 0) is 30.7 Å². The lowest BCUT2D eigenvalue weighted by Crippen LogP contribution is -2.41. The van der Waals surface area contributed by atoms with Crippen LogP contribution in [0.3, 0.4) is 0 Å². The van der Waals surface area contributed by atoms with Crippen molar-refractivity contribution >= 4 is 27.4 Å². The monoisotopic (exact) mass is 384 g/mol. The summed E-state index contributed by atoms with van der Waals surface area (Å²) in [5, 5.41) is 4.66. The van der Waals surface area contributed by atoms with E-state index < -0.39 is 0 Å². The van der Waals surface area contributed by atoms with Crippen molar-refractivity contribution in [1.29, 1.82) is 0 Å². The molecule has 1 unspecified atom stereocenters. The van der Waals surface area contributed by atoms with E-state index in [0.29, 0.717) is 0 Å². The molecule has 4 rings (SSSR count). The highest BCUT2D eigenvalue weighted by molar-refractivity contribution is 7.18. The molecule has 1 aliphatic heterocycles. The van der Waals surface area contributed by atoms with Gasteiger partial charge in [0.05, 0.1) is 31.8 Å². The number of rotatable bonds is 6. The van der Waals surface area contributed by atoms with Gasteiger partial charge in [-0.3, -0.25) is 4.90 Å². The first-order chi connectivity index (χ1) is 13.2. The number of hydrogen-bond donors (Lipinski definition) is 1. The summed E-state index contributed by atoms with van der Waals surface area (Å²) in [5.41, 5.74) is 1.26. The van der Waals surface area contributed by atoms with Crippen LogP contribution in [-0.4, -0.2) is 54.8 Å². The summed E-state index contributed by atoms with van der Waals surface area (Å²) >= 11 is 1.70. The second-order valence-electron chi connectivity index (χ2n) is 6.62. The Morgan fingerprint density at radius 1 is 1.22 bits per heavy atom. The Labute approximate surface area is 163 Å². The molecular weight excluding hydrogens is 360 g/mol. The number of ether oxygens (including phenoxy) is 2. The molecule has 0 amide bonds. The molecule has 1 N–H and O–H groups in total. The quantitative estimate of drug-likeness (QED) is 0.702. The fourth-order valence-corrected chi connectivity index (χ4v) is 4.33. The van der Waals surface area contributed by atoms with Gasteiger partial charge in [-0.2, -0.15) is 0 Å². The van der Waals surface area contributed by atoms with Crippen molar-refractivity contribution in [3.8, 4) is 5.75 Å². The number of morpholine rings is 1. The molecule has 0 aliphatic carbocycles. The minimum Gasteiger partial charge on any atom is -0.497 e. The first kappa shape index (κ1) is 18.2. The summed E-state index contributed by atoms with van der Waals surface area (Å²) in [7, 11) is 1.69.